The summed E-state index contributed by atoms with van der Waals surface area (Å²) in [6.07, 6.45) is 0.692. The van der Waals surface area contributed by atoms with E-state index in [9.17, 15) is 9.50 Å². The molecule has 1 aromatic carbocycles. The van der Waals surface area contributed by atoms with E-state index in [0.717, 1.165) is 12.1 Å². The van der Waals surface area contributed by atoms with Crippen molar-refractivity contribution in [3.63, 3.8) is 0 Å². The van der Waals surface area contributed by atoms with Gasteiger partial charge in [0.25, 0.3) is 0 Å². The molecule has 1 rings (SSSR count). The van der Waals surface area contributed by atoms with Crippen LogP contribution in [-0.4, -0.2) is 23.8 Å². The summed E-state index contributed by atoms with van der Waals surface area (Å²) >= 11 is 0. The minimum atomic E-state index is -0.327. The summed E-state index contributed by atoms with van der Waals surface area (Å²) in [4.78, 5) is 0. The van der Waals surface area contributed by atoms with Gasteiger partial charge in [-0.3, -0.25) is 0 Å². The lowest BCUT2D eigenvalue weighted by molar-refractivity contribution is 0.176. The van der Waals surface area contributed by atoms with Gasteiger partial charge in [-0.05, 0) is 37.6 Å². The van der Waals surface area contributed by atoms with Crippen LogP contribution < -0.4 is 5.32 Å². The zero-order chi connectivity index (χ0) is 11.3. The van der Waals surface area contributed by atoms with Crippen molar-refractivity contribution in [2.45, 2.75) is 25.8 Å². The second-order valence-corrected chi connectivity index (χ2v) is 4.05. The van der Waals surface area contributed by atoms with Crippen molar-refractivity contribution in [2.24, 2.45) is 0 Å². The molecule has 0 aromatic heterocycles. The fraction of sp³-hybridized carbons (Fsp3) is 0.500. The molecule has 0 bridgehead atoms. The molecule has 15 heavy (non-hydrogen) atoms. The van der Waals surface area contributed by atoms with Gasteiger partial charge in [0.05, 0.1) is 6.61 Å². The Labute approximate surface area is 90.1 Å². The highest BCUT2D eigenvalue weighted by Gasteiger charge is 2.21. The summed E-state index contributed by atoms with van der Waals surface area (Å²) in [6, 6.07) is 6.39. The highest BCUT2D eigenvalue weighted by Crippen LogP contribution is 2.13. The third-order valence-corrected chi connectivity index (χ3v) is 2.46. The Balaban J connectivity index is 2.70. The molecule has 0 saturated heterocycles. The SMILES string of the molecule is CCNC(C)(CO)Cc1ccc(F)cc1. The zero-order valence-electron chi connectivity index (χ0n) is 9.26. The van der Waals surface area contributed by atoms with Crippen LogP contribution in [0.3, 0.4) is 0 Å². The lowest BCUT2D eigenvalue weighted by atomic mass is 9.93. The molecule has 84 valence electrons. The average Bonchev–Trinajstić information content (AvgIpc) is 2.22. The van der Waals surface area contributed by atoms with Crippen LogP contribution in [0.15, 0.2) is 24.3 Å². The van der Waals surface area contributed by atoms with Gasteiger partial charge in [-0.25, -0.2) is 4.39 Å². The second-order valence-electron chi connectivity index (χ2n) is 4.05. The van der Waals surface area contributed by atoms with Crippen LogP contribution in [0.5, 0.6) is 0 Å². The monoisotopic (exact) mass is 211 g/mol. The van der Waals surface area contributed by atoms with Crippen molar-refractivity contribution in [1.29, 1.82) is 0 Å². The van der Waals surface area contributed by atoms with E-state index in [0.29, 0.717) is 6.42 Å². The summed E-state index contributed by atoms with van der Waals surface area (Å²) in [5.74, 6) is -0.229. The average molecular weight is 211 g/mol. The molecule has 0 saturated carbocycles. The van der Waals surface area contributed by atoms with Crippen molar-refractivity contribution < 1.29 is 9.50 Å². The molecule has 3 heteroatoms. The number of halogens is 1. The van der Waals surface area contributed by atoms with Gasteiger partial charge in [-0.1, -0.05) is 19.1 Å². The molecule has 0 aliphatic rings. The van der Waals surface area contributed by atoms with E-state index in [1.54, 1.807) is 12.1 Å². The Morgan fingerprint density at radius 1 is 1.33 bits per heavy atom. The Morgan fingerprint density at radius 2 is 1.93 bits per heavy atom. The van der Waals surface area contributed by atoms with Gasteiger partial charge in [0.2, 0.25) is 0 Å². The number of aliphatic hydroxyl groups is 1. The molecule has 0 radical (unpaired) electrons. The largest absolute Gasteiger partial charge is 0.394 e. The molecule has 0 aliphatic carbocycles. The molecule has 0 amide bonds. The standard InChI is InChI=1S/C12H18FNO/c1-3-14-12(2,9-15)8-10-4-6-11(13)7-5-10/h4-7,14-15H,3,8-9H2,1-2H3. The van der Waals surface area contributed by atoms with Crippen molar-refractivity contribution >= 4 is 0 Å². The minimum absolute atomic E-state index is 0.0677. The maximum Gasteiger partial charge on any atom is 0.123 e. The third kappa shape index (κ3) is 3.61. The molecule has 0 heterocycles. The van der Waals surface area contributed by atoms with E-state index >= 15 is 0 Å². The number of benzene rings is 1. The second kappa shape index (κ2) is 5.24. The molecule has 0 fully saturated rings. The first-order valence-electron chi connectivity index (χ1n) is 5.20. The first-order valence-corrected chi connectivity index (χ1v) is 5.20. The summed E-state index contributed by atoms with van der Waals surface area (Å²) in [6.45, 7) is 4.83. The van der Waals surface area contributed by atoms with Crippen LogP contribution in [0.25, 0.3) is 0 Å². The van der Waals surface area contributed by atoms with Crippen LogP contribution in [-0.2, 0) is 6.42 Å². The molecule has 2 N–H and O–H groups in total. The zero-order valence-corrected chi connectivity index (χ0v) is 9.26. The summed E-state index contributed by atoms with van der Waals surface area (Å²) in [5, 5.41) is 12.5. The van der Waals surface area contributed by atoms with E-state index in [-0.39, 0.29) is 18.0 Å². The van der Waals surface area contributed by atoms with Crippen LogP contribution in [0.2, 0.25) is 0 Å². The molecular weight excluding hydrogens is 193 g/mol. The third-order valence-electron chi connectivity index (χ3n) is 2.46. The molecular formula is C12H18FNO. The number of nitrogens with one attached hydrogen (secondary N) is 1. The number of aliphatic hydroxyl groups excluding tert-OH is 1. The summed E-state index contributed by atoms with van der Waals surface area (Å²) in [7, 11) is 0. The summed E-state index contributed by atoms with van der Waals surface area (Å²) < 4.78 is 12.7. The lowest BCUT2D eigenvalue weighted by Gasteiger charge is -2.28. The molecule has 1 unspecified atom stereocenters. The Kier molecular flexibility index (Phi) is 4.24. The number of hydrogen-bond donors (Lipinski definition) is 2. The van der Waals surface area contributed by atoms with Gasteiger partial charge in [0.15, 0.2) is 0 Å². The normalized spacial score (nSPS) is 14.9. The molecule has 0 aliphatic heterocycles. The first-order chi connectivity index (χ1) is 7.09. The molecule has 2 nitrogen and oxygen atoms in total. The fourth-order valence-electron chi connectivity index (χ4n) is 1.65. The van der Waals surface area contributed by atoms with Crippen LogP contribution in [0.4, 0.5) is 4.39 Å². The van der Waals surface area contributed by atoms with E-state index in [1.807, 2.05) is 13.8 Å². The van der Waals surface area contributed by atoms with E-state index in [1.165, 1.54) is 12.1 Å². The highest BCUT2D eigenvalue weighted by atomic mass is 19.1. The molecule has 1 aromatic rings. The Morgan fingerprint density at radius 3 is 2.40 bits per heavy atom. The van der Waals surface area contributed by atoms with Gasteiger partial charge < -0.3 is 10.4 Å². The number of hydrogen-bond acceptors (Lipinski definition) is 2. The molecule has 0 spiro atoms. The van der Waals surface area contributed by atoms with Crippen molar-refractivity contribution in [3.05, 3.63) is 35.6 Å². The van der Waals surface area contributed by atoms with Crippen molar-refractivity contribution in [2.75, 3.05) is 13.2 Å². The molecule has 1 atom stereocenters. The Bertz CT molecular complexity index is 299. The van der Waals surface area contributed by atoms with E-state index < -0.39 is 0 Å². The fourth-order valence-corrected chi connectivity index (χ4v) is 1.65. The van der Waals surface area contributed by atoms with Gasteiger partial charge >= 0.3 is 0 Å². The number of likely N-dealkylation sites (N-methyl/N-ethyl adjacent to an activating group) is 1. The summed E-state index contributed by atoms with van der Waals surface area (Å²) in [5.41, 5.74) is 0.695. The van der Waals surface area contributed by atoms with E-state index in [4.69, 9.17) is 0 Å². The van der Waals surface area contributed by atoms with Crippen LogP contribution >= 0.6 is 0 Å². The topological polar surface area (TPSA) is 32.3 Å². The van der Waals surface area contributed by atoms with Gasteiger partial charge in [0.1, 0.15) is 5.82 Å². The predicted octanol–water partition coefficient (Wildman–Crippen LogP) is 1.73. The first kappa shape index (κ1) is 12.1. The van der Waals surface area contributed by atoms with Gasteiger partial charge in [-0.15, -0.1) is 0 Å². The van der Waals surface area contributed by atoms with Gasteiger partial charge in [0, 0.05) is 5.54 Å². The van der Waals surface area contributed by atoms with Crippen molar-refractivity contribution in [3.8, 4) is 0 Å². The maximum absolute atomic E-state index is 12.7. The van der Waals surface area contributed by atoms with Crippen LogP contribution in [0, 0.1) is 5.82 Å². The smallest absolute Gasteiger partial charge is 0.123 e. The van der Waals surface area contributed by atoms with Gasteiger partial charge in [-0.2, -0.15) is 0 Å². The van der Waals surface area contributed by atoms with Crippen molar-refractivity contribution in [1.82, 2.24) is 5.32 Å². The number of rotatable bonds is 5. The minimum Gasteiger partial charge on any atom is -0.394 e. The lowest BCUT2D eigenvalue weighted by Crippen LogP contribution is -2.47. The predicted molar refractivity (Wildman–Crippen MR) is 59.3 cm³/mol. The Hall–Kier alpha value is -0.930. The maximum atomic E-state index is 12.7. The quantitative estimate of drug-likeness (QED) is 0.777. The van der Waals surface area contributed by atoms with Crippen LogP contribution in [0.1, 0.15) is 19.4 Å². The van der Waals surface area contributed by atoms with E-state index in [2.05, 4.69) is 5.32 Å². The highest BCUT2D eigenvalue weighted by molar-refractivity contribution is 5.18.